The van der Waals surface area contributed by atoms with Crippen LogP contribution < -0.4 is 5.32 Å². The van der Waals surface area contributed by atoms with Gasteiger partial charge < -0.3 is 10.1 Å². The second kappa shape index (κ2) is 10.9. The van der Waals surface area contributed by atoms with Gasteiger partial charge in [0.25, 0.3) is 0 Å². The number of nitrogens with zero attached hydrogens (tertiary/aromatic N) is 3. The van der Waals surface area contributed by atoms with E-state index in [9.17, 15) is 4.79 Å². The highest BCUT2D eigenvalue weighted by molar-refractivity contribution is 7.98. The SMILES string of the molecule is CSc1nc(C)c(CCC(=O)NCC(c2ccc(C)cc2)N2CCOCC2)c(C)n1. The van der Waals surface area contributed by atoms with Gasteiger partial charge in [-0.05, 0) is 44.6 Å². The molecule has 1 aliphatic rings. The van der Waals surface area contributed by atoms with Crippen LogP contribution in [0, 0.1) is 20.8 Å². The summed E-state index contributed by atoms with van der Waals surface area (Å²) in [5.74, 6) is 0.0631. The number of rotatable bonds is 8. The lowest BCUT2D eigenvalue weighted by molar-refractivity contribution is -0.121. The van der Waals surface area contributed by atoms with Crippen LogP contribution >= 0.6 is 11.8 Å². The van der Waals surface area contributed by atoms with Crippen LogP contribution in [-0.4, -0.2) is 59.9 Å². The van der Waals surface area contributed by atoms with E-state index in [1.54, 1.807) is 0 Å². The molecule has 1 aromatic carbocycles. The molecule has 0 aliphatic carbocycles. The third-order valence-corrected chi connectivity index (χ3v) is 6.17. The number of carbonyl (C=O) groups excluding carboxylic acids is 1. The van der Waals surface area contributed by atoms with E-state index in [4.69, 9.17) is 4.74 Å². The van der Waals surface area contributed by atoms with Crippen LogP contribution in [0.4, 0.5) is 0 Å². The van der Waals surface area contributed by atoms with Crippen molar-refractivity contribution in [2.75, 3.05) is 39.1 Å². The number of aryl methyl sites for hydroxylation is 3. The molecule has 1 aromatic heterocycles. The fourth-order valence-corrected chi connectivity index (χ4v) is 4.29. The van der Waals surface area contributed by atoms with E-state index in [1.807, 2.05) is 20.1 Å². The molecule has 30 heavy (non-hydrogen) atoms. The van der Waals surface area contributed by atoms with Crippen LogP contribution in [0.15, 0.2) is 29.4 Å². The van der Waals surface area contributed by atoms with E-state index in [0.717, 1.165) is 48.4 Å². The molecule has 0 radical (unpaired) electrons. The molecule has 2 heterocycles. The summed E-state index contributed by atoms with van der Waals surface area (Å²) in [6, 6.07) is 8.76. The van der Waals surface area contributed by atoms with Crippen molar-refractivity contribution < 1.29 is 9.53 Å². The lowest BCUT2D eigenvalue weighted by atomic mass is 10.0. The van der Waals surface area contributed by atoms with Crippen LogP contribution in [-0.2, 0) is 16.0 Å². The fourth-order valence-electron chi connectivity index (χ4n) is 3.83. The topological polar surface area (TPSA) is 67.4 Å². The Hall–Kier alpha value is -1.96. The quantitative estimate of drug-likeness (QED) is 0.514. The summed E-state index contributed by atoms with van der Waals surface area (Å²) >= 11 is 1.54. The van der Waals surface area contributed by atoms with Crippen molar-refractivity contribution >= 4 is 17.7 Å². The molecule has 162 valence electrons. The molecule has 7 heteroatoms. The minimum absolute atomic E-state index is 0.0631. The number of morpholine rings is 1. The van der Waals surface area contributed by atoms with Gasteiger partial charge in [-0.1, -0.05) is 41.6 Å². The van der Waals surface area contributed by atoms with Crippen molar-refractivity contribution in [3.63, 3.8) is 0 Å². The van der Waals surface area contributed by atoms with E-state index >= 15 is 0 Å². The number of hydrogen-bond donors (Lipinski definition) is 1. The molecule has 1 N–H and O–H groups in total. The smallest absolute Gasteiger partial charge is 0.220 e. The minimum atomic E-state index is 0.0631. The molecule has 1 aliphatic heterocycles. The Labute approximate surface area is 183 Å². The van der Waals surface area contributed by atoms with Gasteiger partial charge in [0.1, 0.15) is 0 Å². The number of thioether (sulfide) groups is 1. The average molecular weight is 429 g/mol. The Morgan fingerprint density at radius 2 is 1.77 bits per heavy atom. The molecular weight excluding hydrogens is 396 g/mol. The third kappa shape index (κ3) is 6.03. The van der Waals surface area contributed by atoms with Gasteiger partial charge in [-0.2, -0.15) is 0 Å². The Balaban J connectivity index is 1.61. The first-order chi connectivity index (χ1) is 14.5. The van der Waals surface area contributed by atoms with Gasteiger partial charge in [-0.3, -0.25) is 9.69 Å². The molecule has 1 unspecified atom stereocenters. The maximum Gasteiger partial charge on any atom is 0.220 e. The van der Waals surface area contributed by atoms with Crippen molar-refractivity contribution in [2.24, 2.45) is 0 Å². The summed E-state index contributed by atoms with van der Waals surface area (Å²) < 4.78 is 5.51. The molecule has 1 atom stereocenters. The highest BCUT2D eigenvalue weighted by Gasteiger charge is 2.23. The third-order valence-electron chi connectivity index (χ3n) is 5.63. The van der Waals surface area contributed by atoms with Crippen molar-refractivity contribution in [3.8, 4) is 0 Å². The zero-order valence-electron chi connectivity index (χ0n) is 18.4. The van der Waals surface area contributed by atoms with Crippen molar-refractivity contribution in [3.05, 3.63) is 52.3 Å². The largest absolute Gasteiger partial charge is 0.379 e. The molecule has 1 saturated heterocycles. The molecule has 0 spiro atoms. The van der Waals surface area contributed by atoms with Gasteiger partial charge in [0.2, 0.25) is 5.91 Å². The van der Waals surface area contributed by atoms with Gasteiger partial charge >= 0.3 is 0 Å². The molecule has 2 aromatic rings. The monoisotopic (exact) mass is 428 g/mol. The number of nitrogens with one attached hydrogen (secondary N) is 1. The first-order valence-electron chi connectivity index (χ1n) is 10.5. The number of ether oxygens (including phenoxy) is 1. The molecule has 1 fully saturated rings. The van der Waals surface area contributed by atoms with Gasteiger partial charge in [-0.15, -0.1) is 0 Å². The maximum atomic E-state index is 12.6. The molecular formula is C23H32N4O2S. The van der Waals surface area contributed by atoms with Crippen molar-refractivity contribution in [1.29, 1.82) is 0 Å². The summed E-state index contributed by atoms with van der Waals surface area (Å²) in [7, 11) is 0. The van der Waals surface area contributed by atoms with E-state index in [1.165, 1.54) is 22.9 Å². The summed E-state index contributed by atoms with van der Waals surface area (Å²) in [5.41, 5.74) is 5.47. The standard InChI is InChI=1S/C23H32N4O2S/c1-16-5-7-19(8-6-16)21(27-11-13-29-14-12-27)15-24-22(28)10-9-20-17(2)25-23(30-4)26-18(20)3/h5-8,21H,9-15H2,1-4H3,(H,24,28). The number of aromatic nitrogens is 2. The van der Waals surface area contributed by atoms with E-state index in [0.29, 0.717) is 19.4 Å². The van der Waals surface area contributed by atoms with Gasteiger partial charge in [0.05, 0.1) is 19.3 Å². The fraction of sp³-hybridized carbons (Fsp3) is 0.522. The Morgan fingerprint density at radius 1 is 1.13 bits per heavy atom. The summed E-state index contributed by atoms with van der Waals surface area (Å²) in [6.45, 7) is 9.91. The van der Waals surface area contributed by atoms with Crippen molar-refractivity contribution in [1.82, 2.24) is 20.2 Å². The molecule has 0 saturated carbocycles. The summed E-state index contributed by atoms with van der Waals surface area (Å²) in [4.78, 5) is 24.1. The van der Waals surface area contributed by atoms with Crippen molar-refractivity contribution in [2.45, 2.75) is 44.8 Å². The first-order valence-corrected chi connectivity index (χ1v) is 11.7. The van der Waals surface area contributed by atoms with E-state index < -0.39 is 0 Å². The van der Waals surface area contributed by atoms with Gasteiger partial charge in [0.15, 0.2) is 5.16 Å². The Kier molecular flexibility index (Phi) is 8.24. The van der Waals surface area contributed by atoms with E-state index in [2.05, 4.69) is 51.4 Å². The number of carbonyl (C=O) groups is 1. The first kappa shape index (κ1) is 22.7. The predicted octanol–water partition coefficient (Wildman–Crippen LogP) is 3.25. The number of benzene rings is 1. The van der Waals surface area contributed by atoms with Crippen LogP contribution in [0.1, 0.15) is 40.5 Å². The normalized spacial score (nSPS) is 15.7. The zero-order valence-corrected chi connectivity index (χ0v) is 19.2. The minimum Gasteiger partial charge on any atom is -0.379 e. The average Bonchev–Trinajstić information content (AvgIpc) is 2.75. The molecule has 1 amide bonds. The Morgan fingerprint density at radius 3 is 2.37 bits per heavy atom. The predicted molar refractivity (Wildman–Crippen MR) is 121 cm³/mol. The van der Waals surface area contributed by atoms with Gasteiger partial charge in [0, 0.05) is 37.4 Å². The van der Waals surface area contributed by atoms with Crippen LogP contribution in [0.3, 0.4) is 0 Å². The lowest BCUT2D eigenvalue weighted by Crippen LogP contribution is -2.43. The second-order valence-electron chi connectivity index (χ2n) is 7.74. The van der Waals surface area contributed by atoms with Crippen LogP contribution in [0.25, 0.3) is 0 Å². The highest BCUT2D eigenvalue weighted by atomic mass is 32.2. The molecule has 3 rings (SSSR count). The Bertz CT molecular complexity index is 828. The number of amides is 1. The summed E-state index contributed by atoms with van der Waals surface area (Å²) in [5, 5.41) is 3.94. The van der Waals surface area contributed by atoms with Crippen LogP contribution in [0.2, 0.25) is 0 Å². The molecule has 0 bridgehead atoms. The molecule has 6 nitrogen and oxygen atoms in total. The number of hydrogen-bond acceptors (Lipinski definition) is 6. The second-order valence-corrected chi connectivity index (χ2v) is 8.51. The highest BCUT2D eigenvalue weighted by Crippen LogP contribution is 2.22. The van der Waals surface area contributed by atoms with Gasteiger partial charge in [-0.25, -0.2) is 9.97 Å². The van der Waals surface area contributed by atoms with Crippen LogP contribution in [0.5, 0.6) is 0 Å². The lowest BCUT2D eigenvalue weighted by Gasteiger charge is -2.35. The van der Waals surface area contributed by atoms with E-state index in [-0.39, 0.29) is 11.9 Å². The summed E-state index contributed by atoms with van der Waals surface area (Å²) in [6.07, 6.45) is 3.07. The zero-order chi connectivity index (χ0) is 21.5. The maximum absolute atomic E-state index is 12.6.